The van der Waals surface area contributed by atoms with Crippen molar-refractivity contribution in [3.8, 4) is 0 Å². The van der Waals surface area contributed by atoms with Crippen molar-refractivity contribution in [1.82, 2.24) is 5.32 Å². The first-order valence-corrected chi connectivity index (χ1v) is 5.24. The van der Waals surface area contributed by atoms with E-state index in [9.17, 15) is 0 Å². The highest BCUT2D eigenvalue weighted by atomic mass is 35.5. The molecule has 2 rings (SSSR count). The highest BCUT2D eigenvalue weighted by Crippen LogP contribution is 2.00. The quantitative estimate of drug-likeness (QED) is 0.891. The minimum atomic E-state index is 0. The van der Waals surface area contributed by atoms with Crippen LogP contribution in [-0.2, 0) is 13.1 Å². The van der Waals surface area contributed by atoms with Gasteiger partial charge in [-0.15, -0.1) is 37.2 Å². The molecular weight excluding hydrogens is 289 g/mol. The fraction of sp³-hybridized carbons (Fsp3) is 0.143. The van der Waals surface area contributed by atoms with Crippen LogP contribution < -0.4 is 5.32 Å². The molecule has 4 heteroatoms. The second-order valence-electron chi connectivity index (χ2n) is 3.57. The van der Waals surface area contributed by atoms with Gasteiger partial charge in [0, 0.05) is 13.1 Å². The number of benzene rings is 2. The fourth-order valence-electron chi connectivity index (χ4n) is 1.54. The third-order valence-electron chi connectivity index (χ3n) is 2.34. The van der Waals surface area contributed by atoms with Crippen molar-refractivity contribution in [2.75, 3.05) is 0 Å². The molecule has 0 aliphatic carbocycles. The van der Waals surface area contributed by atoms with Crippen LogP contribution >= 0.6 is 37.2 Å². The zero-order valence-electron chi connectivity index (χ0n) is 9.91. The summed E-state index contributed by atoms with van der Waals surface area (Å²) in [5.41, 5.74) is 2.65. The van der Waals surface area contributed by atoms with Crippen LogP contribution in [0.4, 0.5) is 0 Å². The standard InChI is InChI=1S/C14H15N.3ClH/c1-3-7-13(8-4-1)11-15-12-14-9-5-2-6-10-14;;;/h1-10,15H,11-12H2;3*1H. The Kier molecular flexibility index (Phi) is 12.4. The minimum absolute atomic E-state index is 0. The molecule has 1 N–H and O–H groups in total. The molecule has 1 nitrogen and oxygen atoms in total. The maximum absolute atomic E-state index is 3.42. The Hall–Kier alpha value is -0.730. The van der Waals surface area contributed by atoms with Crippen LogP contribution in [0, 0.1) is 0 Å². The van der Waals surface area contributed by atoms with E-state index in [1.165, 1.54) is 11.1 Å². The molecule has 2 aromatic carbocycles. The first kappa shape index (κ1) is 19.6. The summed E-state index contributed by atoms with van der Waals surface area (Å²) in [6.07, 6.45) is 0. The van der Waals surface area contributed by atoms with Gasteiger partial charge in [-0.1, -0.05) is 60.7 Å². The van der Waals surface area contributed by atoms with Crippen molar-refractivity contribution in [3.63, 3.8) is 0 Å². The van der Waals surface area contributed by atoms with Crippen LogP contribution in [0.5, 0.6) is 0 Å². The van der Waals surface area contributed by atoms with Gasteiger partial charge in [-0.2, -0.15) is 0 Å². The predicted molar refractivity (Wildman–Crippen MR) is 85.2 cm³/mol. The lowest BCUT2D eigenvalue weighted by Gasteiger charge is -2.04. The van der Waals surface area contributed by atoms with E-state index in [-0.39, 0.29) is 37.2 Å². The minimum Gasteiger partial charge on any atom is -0.309 e. The van der Waals surface area contributed by atoms with E-state index in [2.05, 4.69) is 53.8 Å². The lowest BCUT2D eigenvalue weighted by Crippen LogP contribution is -2.12. The van der Waals surface area contributed by atoms with Gasteiger partial charge in [-0.25, -0.2) is 0 Å². The molecule has 0 saturated heterocycles. The van der Waals surface area contributed by atoms with Gasteiger partial charge < -0.3 is 5.32 Å². The van der Waals surface area contributed by atoms with Crippen LogP contribution in [0.15, 0.2) is 60.7 Å². The lowest BCUT2D eigenvalue weighted by atomic mass is 10.2. The largest absolute Gasteiger partial charge is 0.309 e. The normalized spacial score (nSPS) is 8.44. The zero-order chi connectivity index (χ0) is 10.3. The average molecular weight is 307 g/mol. The van der Waals surface area contributed by atoms with Crippen LogP contribution in [0.3, 0.4) is 0 Å². The maximum atomic E-state index is 3.42. The summed E-state index contributed by atoms with van der Waals surface area (Å²) in [4.78, 5) is 0. The summed E-state index contributed by atoms with van der Waals surface area (Å²) >= 11 is 0. The second-order valence-corrected chi connectivity index (χ2v) is 3.57. The molecule has 2 aromatic rings. The Morgan fingerprint density at radius 3 is 1.22 bits per heavy atom. The highest BCUT2D eigenvalue weighted by molar-refractivity contribution is 5.86. The van der Waals surface area contributed by atoms with Crippen molar-refractivity contribution in [2.24, 2.45) is 0 Å². The maximum Gasteiger partial charge on any atom is 0.0208 e. The predicted octanol–water partition coefficient (Wildman–Crippen LogP) is 4.24. The molecule has 0 amide bonds. The highest BCUT2D eigenvalue weighted by Gasteiger charge is 1.92. The summed E-state index contributed by atoms with van der Waals surface area (Å²) in [5, 5.41) is 3.42. The number of hydrogen-bond acceptors (Lipinski definition) is 1. The van der Waals surface area contributed by atoms with Crippen LogP contribution in [0.1, 0.15) is 11.1 Å². The van der Waals surface area contributed by atoms with E-state index < -0.39 is 0 Å². The summed E-state index contributed by atoms with van der Waals surface area (Å²) in [6, 6.07) is 20.9. The molecule has 0 heterocycles. The van der Waals surface area contributed by atoms with Crippen molar-refractivity contribution in [2.45, 2.75) is 13.1 Å². The van der Waals surface area contributed by atoms with Gasteiger partial charge in [0.25, 0.3) is 0 Å². The summed E-state index contributed by atoms with van der Waals surface area (Å²) in [7, 11) is 0. The van der Waals surface area contributed by atoms with Crippen LogP contribution in [0.25, 0.3) is 0 Å². The number of hydrogen-bond donors (Lipinski definition) is 1. The zero-order valence-corrected chi connectivity index (χ0v) is 12.4. The Bertz CT molecular complexity index is 353. The summed E-state index contributed by atoms with van der Waals surface area (Å²) in [5.74, 6) is 0. The molecule has 0 bridgehead atoms. The molecule has 0 aromatic heterocycles. The molecule has 0 radical (unpaired) electrons. The molecule has 0 fully saturated rings. The first-order chi connectivity index (χ1) is 7.45. The molecule has 0 spiro atoms. The SMILES string of the molecule is Cl.Cl.Cl.c1ccc(CNCc2ccccc2)cc1. The van der Waals surface area contributed by atoms with E-state index in [1.807, 2.05) is 12.1 Å². The van der Waals surface area contributed by atoms with Gasteiger partial charge >= 0.3 is 0 Å². The Morgan fingerprint density at radius 2 is 0.889 bits per heavy atom. The van der Waals surface area contributed by atoms with E-state index >= 15 is 0 Å². The van der Waals surface area contributed by atoms with E-state index in [0.717, 1.165) is 13.1 Å². The van der Waals surface area contributed by atoms with Gasteiger partial charge in [0.05, 0.1) is 0 Å². The monoisotopic (exact) mass is 305 g/mol. The number of halogens is 3. The second kappa shape index (κ2) is 11.4. The molecule has 18 heavy (non-hydrogen) atoms. The Morgan fingerprint density at radius 1 is 0.556 bits per heavy atom. The lowest BCUT2D eigenvalue weighted by molar-refractivity contribution is 0.693. The van der Waals surface area contributed by atoms with Gasteiger partial charge in [-0.05, 0) is 11.1 Å². The Balaban J connectivity index is 0. The van der Waals surface area contributed by atoms with E-state index in [1.54, 1.807) is 0 Å². The molecule has 0 unspecified atom stereocenters. The molecule has 100 valence electrons. The van der Waals surface area contributed by atoms with Crippen molar-refractivity contribution < 1.29 is 0 Å². The van der Waals surface area contributed by atoms with Gasteiger partial charge in [0.2, 0.25) is 0 Å². The summed E-state index contributed by atoms with van der Waals surface area (Å²) < 4.78 is 0. The third kappa shape index (κ3) is 6.87. The van der Waals surface area contributed by atoms with Crippen molar-refractivity contribution in [3.05, 3.63) is 71.8 Å². The average Bonchev–Trinajstić information content (AvgIpc) is 2.32. The van der Waals surface area contributed by atoms with Crippen molar-refractivity contribution >= 4 is 37.2 Å². The molecule has 0 atom stereocenters. The number of nitrogens with one attached hydrogen (secondary N) is 1. The van der Waals surface area contributed by atoms with Gasteiger partial charge in [0.1, 0.15) is 0 Å². The van der Waals surface area contributed by atoms with E-state index in [0.29, 0.717) is 0 Å². The topological polar surface area (TPSA) is 12.0 Å². The molecule has 0 aliphatic heterocycles. The molecule has 0 saturated carbocycles. The van der Waals surface area contributed by atoms with Gasteiger partial charge in [0.15, 0.2) is 0 Å². The van der Waals surface area contributed by atoms with Crippen LogP contribution in [0.2, 0.25) is 0 Å². The Labute approximate surface area is 127 Å². The van der Waals surface area contributed by atoms with Gasteiger partial charge in [-0.3, -0.25) is 0 Å². The van der Waals surface area contributed by atoms with E-state index in [4.69, 9.17) is 0 Å². The smallest absolute Gasteiger partial charge is 0.0208 e. The number of rotatable bonds is 4. The molecule has 0 aliphatic rings. The molecular formula is C14H18Cl3N. The summed E-state index contributed by atoms with van der Waals surface area (Å²) in [6.45, 7) is 1.85. The van der Waals surface area contributed by atoms with Crippen molar-refractivity contribution in [1.29, 1.82) is 0 Å². The third-order valence-corrected chi connectivity index (χ3v) is 2.34. The first-order valence-electron chi connectivity index (χ1n) is 5.24. The fourth-order valence-corrected chi connectivity index (χ4v) is 1.54. The van der Waals surface area contributed by atoms with Crippen LogP contribution in [-0.4, -0.2) is 0 Å².